The summed E-state index contributed by atoms with van der Waals surface area (Å²) >= 11 is 0. The summed E-state index contributed by atoms with van der Waals surface area (Å²) in [5.41, 5.74) is 3.92. The van der Waals surface area contributed by atoms with Crippen LogP contribution in [-0.4, -0.2) is 35.9 Å². The molecule has 0 aliphatic carbocycles. The summed E-state index contributed by atoms with van der Waals surface area (Å²) in [6.45, 7) is 6.58. The Kier molecular flexibility index (Phi) is 3.88. The molecule has 5 nitrogen and oxygen atoms in total. The number of fused-ring (bicyclic) bond motifs is 1. The lowest BCUT2D eigenvalue weighted by atomic mass is 9.90. The minimum absolute atomic E-state index is 0.0428. The molecule has 4 rings (SSSR count). The third-order valence-corrected chi connectivity index (χ3v) is 5.29. The highest BCUT2D eigenvalue weighted by atomic mass is 16.5. The van der Waals surface area contributed by atoms with Gasteiger partial charge in [-0.15, -0.1) is 0 Å². The van der Waals surface area contributed by atoms with Crippen molar-refractivity contribution < 1.29 is 9.53 Å². The van der Waals surface area contributed by atoms with E-state index in [9.17, 15) is 4.79 Å². The molecule has 1 saturated heterocycles. The minimum Gasteiger partial charge on any atom is -0.381 e. The van der Waals surface area contributed by atoms with Crippen LogP contribution in [0.15, 0.2) is 30.5 Å². The second-order valence-corrected chi connectivity index (χ2v) is 7.08. The number of ether oxygens (including phenoxy) is 1. The zero-order valence-corrected chi connectivity index (χ0v) is 14.2. The van der Waals surface area contributed by atoms with Crippen molar-refractivity contribution in [1.29, 1.82) is 0 Å². The van der Waals surface area contributed by atoms with Crippen LogP contribution in [0.3, 0.4) is 0 Å². The van der Waals surface area contributed by atoms with Crippen LogP contribution in [-0.2, 0) is 4.74 Å². The lowest BCUT2D eigenvalue weighted by Crippen LogP contribution is -2.31. The normalized spacial score (nSPS) is 23.0. The number of para-hydroxylation sites is 1. The second kappa shape index (κ2) is 6.06. The van der Waals surface area contributed by atoms with Gasteiger partial charge in [0.25, 0.3) is 5.91 Å². The zero-order valence-electron chi connectivity index (χ0n) is 14.2. The number of benzene rings is 1. The van der Waals surface area contributed by atoms with E-state index in [1.807, 2.05) is 17.0 Å². The number of hydrogen-bond donors (Lipinski definition) is 1. The first-order valence-corrected chi connectivity index (χ1v) is 8.68. The van der Waals surface area contributed by atoms with Crippen LogP contribution in [0.2, 0.25) is 0 Å². The van der Waals surface area contributed by atoms with E-state index in [1.165, 1.54) is 5.56 Å². The quantitative estimate of drug-likeness (QED) is 0.942. The SMILES string of the molecule is CC(C)[C@@H]1CN(C(=O)c2cn[nH]c2[C@@H]2CCOC2)c2ccccc21. The van der Waals surface area contributed by atoms with Gasteiger partial charge in [-0.05, 0) is 24.0 Å². The molecular weight excluding hydrogens is 302 g/mol. The Labute approximate surface area is 142 Å². The molecule has 2 aromatic rings. The van der Waals surface area contributed by atoms with Crippen molar-refractivity contribution in [2.45, 2.75) is 32.1 Å². The van der Waals surface area contributed by atoms with Crippen LogP contribution in [0.1, 0.15) is 53.7 Å². The van der Waals surface area contributed by atoms with Crippen LogP contribution in [0.4, 0.5) is 5.69 Å². The van der Waals surface area contributed by atoms with Gasteiger partial charge in [-0.3, -0.25) is 9.89 Å². The molecule has 2 atom stereocenters. The predicted octanol–water partition coefficient (Wildman–Crippen LogP) is 3.31. The number of aromatic nitrogens is 2. The summed E-state index contributed by atoms with van der Waals surface area (Å²) in [4.78, 5) is 15.2. The Morgan fingerprint density at radius 1 is 1.38 bits per heavy atom. The van der Waals surface area contributed by atoms with Crippen LogP contribution < -0.4 is 4.90 Å². The van der Waals surface area contributed by atoms with Gasteiger partial charge < -0.3 is 9.64 Å². The molecule has 126 valence electrons. The van der Waals surface area contributed by atoms with Crippen molar-refractivity contribution in [3.05, 3.63) is 47.3 Å². The number of carbonyl (C=O) groups excluding carboxylic acids is 1. The number of aromatic amines is 1. The fourth-order valence-corrected chi connectivity index (χ4v) is 3.89. The molecule has 0 radical (unpaired) electrons. The Hall–Kier alpha value is -2.14. The fourth-order valence-electron chi connectivity index (χ4n) is 3.89. The monoisotopic (exact) mass is 325 g/mol. The van der Waals surface area contributed by atoms with Gasteiger partial charge in [0, 0.05) is 30.7 Å². The first-order valence-electron chi connectivity index (χ1n) is 8.68. The van der Waals surface area contributed by atoms with Gasteiger partial charge in [-0.2, -0.15) is 5.10 Å². The van der Waals surface area contributed by atoms with E-state index in [1.54, 1.807) is 6.20 Å². The standard InChI is InChI=1S/C19H23N3O2/c1-12(2)16-10-22(17-6-4-3-5-14(16)17)19(23)15-9-20-21-18(15)13-7-8-24-11-13/h3-6,9,12-13,16H,7-8,10-11H2,1-2H3,(H,20,21)/t13-,16+/m1/s1. The van der Waals surface area contributed by atoms with E-state index in [-0.39, 0.29) is 11.8 Å². The van der Waals surface area contributed by atoms with Crippen molar-refractivity contribution >= 4 is 11.6 Å². The summed E-state index contributed by atoms with van der Waals surface area (Å²) in [5, 5.41) is 7.17. The average Bonchev–Trinajstić information content (AvgIpc) is 3.31. The van der Waals surface area contributed by atoms with Crippen LogP contribution in [0.25, 0.3) is 0 Å². The van der Waals surface area contributed by atoms with E-state index in [0.717, 1.165) is 31.0 Å². The Morgan fingerprint density at radius 2 is 2.21 bits per heavy atom. The van der Waals surface area contributed by atoms with Gasteiger partial charge in [0.2, 0.25) is 0 Å². The van der Waals surface area contributed by atoms with Crippen molar-refractivity contribution in [3.8, 4) is 0 Å². The molecular formula is C19H23N3O2. The van der Waals surface area contributed by atoms with E-state index in [2.05, 4.69) is 36.2 Å². The maximum atomic E-state index is 13.2. The van der Waals surface area contributed by atoms with Gasteiger partial charge in [0.15, 0.2) is 0 Å². The number of H-pyrrole nitrogens is 1. The molecule has 1 fully saturated rings. The first-order chi connectivity index (χ1) is 11.7. The highest BCUT2D eigenvalue weighted by molar-refractivity contribution is 6.08. The largest absolute Gasteiger partial charge is 0.381 e. The molecule has 0 saturated carbocycles. The van der Waals surface area contributed by atoms with Crippen LogP contribution in [0, 0.1) is 5.92 Å². The van der Waals surface area contributed by atoms with Gasteiger partial charge in [-0.1, -0.05) is 32.0 Å². The third kappa shape index (κ3) is 2.44. The van der Waals surface area contributed by atoms with Crippen LogP contribution in [0.5, 0.6) is 0 Å². The molecule has 24 heavy (non-hydrogen) atoms. The molecule has 1 amide bonds. The maximum absolute atomic E-state index is 13.2. The van der Waals surface area contributed by atoms with Crippen molar-refractivity contribution in [2.24, 2.45) is 5.92 Å². The molecule has 0 unspecified atom stereocenters. The molecule has 0 bridgehead atoms. The van der Waals surface area contributed by atoms with Crippen molar-refractivity contribution in [2.75, 3.05) is 24.7 Å². The lowest BCUT2D eigenvalue weighted by Gasteiger charge is -2.20. The Bertz CT molecular complexity index is 747. The van der Waals surface area contributed by atoms with E-state index in [0.29, 0.717) is 24.0 Å². The Balaban J connectivity index is 1.68. The molecule has 1 aromatic carbocycles. The van der Waals surface area contributed by atoms with Gasteiger partial charge >= 0.3 is 0 Å². The molecule has 2 aliphatic rings. The fraction of sp³-hybridized carbons (Fsp3) is 0.474. The summed E-state index contributed by atoms with van der Waals surface area (Å²) in [6.07, 6.45) is 2.61. The molecule has 0 spiro atoms. The van der Waals surface area contributed by atoms with Crippen molar-refractivity contribution in [1.82, 2.24) is 10.2 Å². The maximum Gasteiger partial charge on any atom is 0.261 e. The van der Waals surface area contributed by atoms with Crippen molar-refractivity contribution in [3.63, 3.8) is 0 Å². The van der Waals surface area contributed by atoms with Gasteiger partial charge in [0.1, 0.15) is 0 Å². The topological polar surface area (TPSA) is 58.2 Å². The van der Waals surface area contributed by atoms with E-state index < -0.39 is 0 Å². The second-order valence-electron chi connectivity index (χ2n) is 7.08. The number of hydrogen-bond acceptors (Lipinski definition) is 3. The average molecular weight is 325 g/mol. The number of nitrogens with one attached hydrogen (secondary N) is 1. The highest BCUT2D eigenvalue weighted by Gasteiger charge is 2.36. The first kappa shape index (κ1) is 15.4. The number of amides is 1. The van der Waals surface area contributed by atoms with Gasteiger partial charge in [-0.25, -0.2) is 0 Å². The Morgan fingerprint density at radius 3 is 2.96 bits per heavy atom. The van der Waals surface area contributed by atoms with E-state index in [4.69, 9.17) is 4.74 Å². The molecule has 5 heteroatoms. The highest BCUT2D eigenvalue weighted by Crippen LogP contribution is 2.41. The third-order valence-electron chi connectivity index (χ3n) is 5.29. The number of rotatable bonds is 3. The predicted molar refractivity (Wildman–Crippen MR) is 92.5 cm³/mol. The smallest absolute Gasteiger partial charge is 0.261 e. The molecule has 3 heterocycles. The summed E-state index contributed by atoms with van der Waals surface area (Å²) < 4.78 is 5.47. The molecule has 2 aliphatic heterocycles. The zero-order chi connectivity index (χ0) is 16.7. The molecule has 1 N–H and O–H groups in total. The lowest BCUT2D eigenvalue weighted by molar-refractivity contribution is 0.0986. The van der Waals surface area contributed by atoms with Crippen LogP contribution >= 0.6 is 0 Å². The number of carbonyl (C=O) groups is 1. The number of nitrogens with zero attached hydrogens (tertiary/aromatic N) is 2. The van der Waals surface area contributed by atoms with Gasteiger partial charge in [0.05, 0.1) is 24.1 Å². The van der Waals surface area contributed by atoms with E-state index >= 15 is 0 Å². The minimum atomic E-state index is 0.0428. The summed E-state index contributed by atoms with van der Waals surface area (Å²) in [5.74, 6) is 1.16. The molecule has 1 aromatic heterocycles. The summed E-state index contributed by atoms with van der Waals surface area (Å²) in [6, 6.07) is 8.26. The number of anilines is 1. The summed E-state index contributed by atoms with van der Waals surface area (Å²) in [7, 11) is 0.